The van der Waals surface area contributed by atoms with Gasteiger partial charge in [0.1, 0.15) is 0 Å². The molecule has 0 radical (unpaired) electrons. The third-order valence-corrected chi connectivity index (χ3v) is 10.4. The van der Waals surface area contributed by atoms with Gasteiger partial charge in [0, 0.05) is 43.7 Å². The second-order valence-corrected chi connectivity index (χ2v) is 13.0. The Balaban J connectivity index is 1.35. The molecule has 0 aliphatic carbocycles. The molecular formula is C46H29N3. The van der Waals surface area contributed by atoms with Crippen LogP contribution in [0, 0.1) is 0 Å². The van der Waals surface area contributed by atoms with Gasteiger partial charge in [0.15, 0.2) is 0 Å². The Labute approximate surface area is 282 Å². The van der Waals surface area contributed by atoms with Crippen molar-refractivity contribution in [1.82, 2.24) is 13.7 Å². The highest BCUT2D eigenvalue weighted by molar-refractivity contribution is 6.26. The molecule has 0 amide bonds. The van der Waals surface area contributed by atoms with Gasteiger partial charge < -0.3 is 13.7 Å². The average molecular weight is 624 g/mol. The second kappa shape index (κ2) is 9.96. The number of fused-ring (bicyclic) bond motifs is 11. The van der Waals surface area contributed by atoms with Crippen molar-refractivity contribution in [2.75, 3.05) is 0 Å². The highest BCUT2D eigenvalue weighted by Crippen LogP contribution is 2.44. The standard InChI is InChI=1S/C46H29N3/c1-3-15-31(16-4-1)47-39-23-12-10-21-35(39)46-40(47)24-13-25-41(46)49-42-27-26-30-14-7-8-19-33(30)45(42)37-29-43-36(28-44(37)49)34-20-9-11-22-38(34)48(43)32-17-5-2-6-18-32/h1-29H. The van der Waals surface area contributed by atoms with Crippen LogP contribution in [-0.4, -0.2) is 13.7 Å². The van der Waals surface area contributed by atoms with Gasteiger partial charge in [-0.15, -0.1) is 0 Å². The molecule has 0 atom stereocenters. The van der Waals surface area contributed by atoms with Gasteiger partial charge in [-0.1, -0.05) is 109 Å². The smallest absolute Gasteiger partial charge is 0.0562 e. The Bertz CT molecular complexity index is 3090. The first-order valence-corrected chi connectivity index (χ1v) is 16.9. The van der Waals surface area contributed by atoms with Crippen molar-refractivity contribution in [2.24, 2.45) is 0 Å². The Morgan fingerprint density at radius 1 is 0.265 bits per heavy atom. The van der Waals surface area contributed by atoms with Crippen LogP contribution in [0.15, 0.2) is 176 Å². The number of rotatable bonds is 3. The van der Waals surface area contributed by atoms with Crippen LogP contribution in [0.5, 0.6) is 0 Å². The van der Waals surface area contributed by atoms with E-state index in [0.717, 1.165) is 5.69 Å². The fourth-order valence-corrected chi connectivity index (χ4v) is 8.40. The van der Waals surface area contributed by atoms with Gasteiger partial charge in [0.2, 0.25) is 0 Å². The molecule has 0 unspecified atom stereocenters. The van der Waals surface area contributed by atoms with Gasteiger partial charge in [-0.05, 0) is 77.5 Å². The molecule has 0 spiro atoms. The van der Waals surface area contributed by atoms with E-state index in [9.17, 15) is 0 Å². The molecule has 0 bridgehead atoms. The number of benzene rings is 8. The molecule has 0 aliphatic rings. The lowest BCUT2D eigenvalue weighted by Crippen LogP contribution is -1.97. The summed E-state index contributed by atoms with van der Waals surface area (Å²) in [7, 11) is 0. The van der Waals surface area contributed by atoms with Crippen molar-refractivity contribution in [3.63, 3.8) is 0 Å². The zero-order chi connectivity index (χ0) is 32.1. The summed E-state index contributed by atoms with van der Waals surface area (Å²) in [5, 5.41) is 10.0. The van der Waals surface area contributed by atoms with E-state index in [1.807, 2.05) is 0 Å². The molecule has 0 saturated carbocycles. The van der Waals surface area contributed by atoms with E-state index < -0.39 is 0 Å². The lowest BCUT2D eigenvalue weighted by atomic mass is 10.0. The van der Waals surface area contributed by atoms with E-state index >= 15 is 0 Å². The van der Waals surface area contributed by atoms with Crippen molar-refractivity contribution >= 4 is 76.2 Å². The SMILES string of the molecule is c1ccc(-n2c3ccccc3c3cc4c(cc32)c2c3ccccc3ccc2n4-c2cccc3c2c2ccccc2n3-c2ccccc2)cc1. The third kappa shape index (κ3) is 3.62. The van der Waals surface area contributed by atoms with Crippen LogP contribution >= 0.6 is 0 Å². The number of aromatic nitrogens is 3. The fourth-order valence-electron chi connectivity index (χ4n) is 8.40. The summed E-state index contributed by atoms with van der Waals surface area (Å²) in [6, 6.07) is 64.2. The maximum absolute atomic E-state index is 2.52. The largest absolute Gasteiger partial charge is 0.309 e. The molecule has 3 aromatic heterocycles. The normalized spacial score (nSPS) is 12.1. The minimum atomic E-state index is 1.16. The van der Waals surface area contributed by atoms with Crippen LogP contribution in [-0.2, 0) is 0 Å². The summed E-state index contributed by atoms with van der Waals surface area (Å²) in [4.78, 5) is 0. The van der Waals surface area contributed by atoms with Crippen LogP contribution in [0.3, 0.4) is 0 Å². The molecule has 0 N–H and O–H groups in total. The zero-order valence-corrected chi connectivity index (χ0v) is 26.6. The minimum Gasteiger partial charge on any atom is -0.309 e. The Morgan fingerprint density at radius 3 is 1.55 bits per heavy atom. The van der Waals surface area contributed by atoms with Gasteiger partial charge in [0.25, 0.3) is 0 Å². The van der Waals surface area contributed by atoms with Crippen molar-refractivity contribution in [1.29, 1.82) is 0 Å². The lowest BCUT2D eigenvalue weighted by Gasteiger charge is -2.12. The number of para-hydroxylation sites is 4. The predicted molar refractivity (Wildman–Crippen MR) is 207 cm³/mol. The average Bonchev–Trinajstić information content (AvgIpc) is 3.80. The van der Waals surface area contributed by atoms with Gasteiger partial charge in [-0.3, -0.25) is 0 Å². The number of hydrogen-bond donors (Lipinski definition) is 0. The molecule has 0 aliphatic heterocycles. The van der Waals surface area contributed by atoms with Crippen molar-refractivity contribution in [3.8, 4) is 17.1 Å². The molecule has 3 heteroatoms. The Morgan fingerprint density at radius 2 is 0.796 bits per heavy atom. The summed E-state index contributed by atoms with van der Waals surface area (Å²) in [5.74, 6) is 0. The molecule has 11 aromatic rings. The molecule has 3 heterocycles. The zero-order valence-electron chi connectivity index (χ0n) is 26.6. The first-order chi connectivity index (χ1) is 24.3. The summed E-state index contributed by atoms with van der Waals surface area (Å²) in [5.41, 5.74) is 10.8. The first-order valence-electron chi connectivity index (χ1n) is 16.9. The lowest BCUT2D eigenvalue weighted by molar-refractivity contribution is 1.17. The quantitative estimate of drug-likeness (QED) is 0.186. The number of hydrogen-bond acceptors (Lipinski definition) is 0. The molecule has 228 valence electrons. The summed E-state index contributed by atoms with van der Waals surface area (Å²) in [6.07, 6.45) is 0. The van der Waals surface area contributed by atoms with E-state index in [2.05, 4.69) is 190 Å². The Kier molecular flexibility index (Phi) is 5.38. The fraction of sp³-hybridized carbons (Fsp3) is 0. The van der Waals surface area contributed by atoms with Crippen LogP contribution in [0.2, 0.25) is 0 Å². The van der Waals surface area contributed by atoms with Gasteiger partial charge >= 0.3 is 0 Å². The van der Waals surface area contributed by atoms with E-state index in [-0.39, 0.29) is 0 Å². The highest BCUT2D eigenvalue weighted by atomic mass is 15.0. The minimum absolute atomic E-state index is 1.16. The topological polar surface area (TPSA) is 14.8 Å². The van der Waals surface area contributed by atoms with E-state index in [1.54, 1.807) is 0 Å². The van der Waals surface area contributed by atoms with Crippen molar-refractivity contribution < 1.29 is 0 Å². The Hall–Kier alpha value is -6.58. The van der Waals surface area contributed by atoms with Crippen LogP contribution in [0.25, 0.3) is 93.3 Å². The third-order valence-electron chi connectivity index (χ3n) is 10.4. The highest BCUT2D eigenvalue weighted by Gasteiger charge is 2.22. The van der Waals surface area contributed by atoms with Gasteiger partial charge in [0.05, 0.1) is 38.8 Å². The molecule has 8 aromatic carbocycles. The second-order valence-electron chi connectivity index (χ2n) is 13.0. The van der Waals surface area contributed by atoms with Crippen LogP contribution in [0.4, 0.5) is 0 Å². The maximum atomic E-state index is 2.52. The van der Waals surface area contributed by atoms with E-state index in [1.165, 1.54) is 87.6 Å². The van der Waals surface area contributed by atoms with Crippen molar-refractivity contribution in [3.05, 3.63) is 176 Å². The van der Waals surface area contributed by atoms with E-state index in [4.69, 9.17) is 0 Å². The molecule has 0 saturated heterocycles. The molecule has 49 heavy (non-hydrogen) atoms. The van der Waals surface area contributed by atoms with Crippen LogP contribution < -0.4 is 0 Å². The van der Waals surface area contributed by atoms with Gasteiger partial charge in [-0.25, -0.2) is 0 Å². The van der Waals surface area contributed by atoms with Crippen LogP contribution in [0.1, 0.15) is 0 Å². The molecule has 0 fully saturated rings. The maximum Gasteiger partial charge on any atom is 0.0562 e. The van der Waals surface area contributed by atoms with Gasteiger partial charge in [-0.2, -0.15) is 0 Å². The monoisotopic (exact) mass is 623 g/mol. The molecule has 3 nitrogen and oxygen atoms in total. The summed E-state index contributed by atoms with van der Waals surface area (Å²) < 4.78 is 7.35. The van der Waals surface area contributed by atoms with E-state index in [0.29, 0.717) is 0 Å². The predicted octanol–water partition coefficient (Wildman–Crippen LogP) is 12.1. The summed E-state index contributed by atoms with van der Waals surface area (Å²) in [6.45, 7) is 0. The molecular weight excluding hydrogens is 595 g/mol. The first kappa shape index (κ1) is 26.5. The molecule has 11 rings (SSSR count). The number of nitrogens with zero attached hydrogens (tertiary/aromatic N) is 3. The van der Waals surface area contributed by atoms with Crippen molar-refractivity contribution in [2.45, 2.75) is 0 Å². The summed E-state index contributed by atoms with van der Waals surface area (Å²) >= 11 is 0.